The summed E-state index contributed by atoms with van der Waals surface area (Å²) < 4.78 is 5.58. The van der Waals surface area contributed by atoms with Crippen molar-refractivity contribution in [3.05, 3.63) is 39.4 Å². The van der Waals surface area contributed by atoms with Crippen molar-refractivity contribution in [2.24, 2.45) is 5.73 Å². The number of aromatic nitrogens is 2. The lowest BCUT2D eigenvalue weighted by molar-refractivity contribution is 0.0600. The average Bonchev–Trinajstić information content (AvgIpc) is 2.59. The van der Waals surface area contributed by atoms with E-state index in [4.69, 9.17) is 10.5 Å². The Balaban J connectivity index is 2.11. The SMILES string of the molecule is COC(=O)c1c(I)cncc1-c1cnc2c(c1)CCCN2C(N)=O. The molecule has 2 aromatic heterocycles. The third-order valence-electron chi connectivity index (χ3n) is 3.89. The lowest BCUT2D eigenvalue weighted by Crippen LogP contribution is -2.40. The standard InChI is InChI=1S/C16H15IN4O3/c1-24-15(22)13-11(7-19-8-12(13)17)10-5-9-3-2-4-21(16(18)23)14(9)20-6-10/h5-8H,2-4H2,1H3,(H2,18,23). The number of halogens is 1. The smallest absolute Gasteiger partial charge is 0.339 e. The number of amides is 2. The van der Waals surface area contributed by atoms with Gasteiger partial charge >= 0.3 is 12.0 Å². The van der Waals surface area contributed by atoms with Crippen LogP contribution in [0.25, 0.3) is 11.1 Å². The van der Waals surface area contributed by atoms with Crippen LogP contribution < -0.4 is 10.6 Å². The topological polar surface area (TPSA) is 98.4 Å². The monoisotopic (exact) mass is 438 g/mol. The molecule has 24 heavy (non-hydrogen) atoms. The molecule has 1 aliphatic rings. The summed E-state index contributed by atoms with van der Waals surface area (Å²) in [5.41, 5.74) is 8.20. The number of urea groups is 1. The van der Waals surface area contributed by atoms with Crippen LogP contribution in [0.15, 0.2) is 24.7 Å². The zero-order valence-corrected chi connectivity index (χ0v) is 15.1. The van der Waals surface area contributed by atoms with Crippen LogP contribution in [-0.4, -0.2) is 35.6 Å². The Hall–Kier alpha value is -2.23. The molecule has 0 aliphatic carbocycles. The first-order chi connectivity index (χ1) is 11.5. The van der Waals surface area contributed by atoms with Gasteiger partial charge in [0, 0.05) is 39.8 Å². The number of rotatable bonds is 2. The molecule has 2 aromatic rings. The average molecular weight is 438 g/mol. The second-order valence-electron chi connectivity index (χ2n) is 5.34. The Kier molecular flexibility index (Phi) is 4.65. The molecule has 0 saturated heterocycles. The fourth-order valence-electron chi connectivity index (χ4n) is 2.79. The Morgan fingerprint density at radius 3 is 2.83 bits per heavy atom. The number of nitrogens with zero attached hydrogens (tertiary/aromatic N) is 3. The summed E-state index contributed by atoms with van der Waals surface area (Å²) in [7, 11) is 1.35. The number of hydrogen-bond donors (Lipinski definition) is 1. The van der Waals surface area contributed by atoms with E-state index in [0.29, 0.717) is 27.1 Å². The molecular formula is C16H15IN4O3. The third-order valence-corrected chi connectivity index (χ3v) is 4.71. The van der Waals surface area contributed by atoms with Crippen molar-refractivity contribution in [2.75, 3.05) is 18.6 Å². The summed E-state index contributed by atoms with van der Waals surface area (Å²) in [5, 5.41) is 0. The zero-order chi connectivity index (χ0) is 17.3. The van der Waals surface area contributed by atoms with E-state index in [-0.39, 0.29) is 0 Å². The van der Waals surface area contributed by atoms with E-state index in [1.807, 2.05) is 6.07 Å². The quantitative estimate of drug-likeness (QED) is 0.574. The highest BCUT2D eigenvalue weighted by Crippen LogP contribution is 2.32. The van der Waals surface area contributed by atoms with E-state index in [1.54, 1.807) is 18.6 Å². The van der Waals surface area contributed by atoms with E-state index in [9.17, 15) is 9.59 Å². The molecule has 3 heterocycles. The maximum Gasteiger partial charge on any atom is 0.339 e. The van der Waals surface area contributed by atoms with Gasteiger partial charge in [-0.05, 0) is 47.1 Å². The largest absolute Gasteiger partial charge is 0.465 e. The van der Waals surface area contributed by atoms with Crippen molar-refractivity contribution in [1.82, 2.24) is 9.97 Å². The number of pyridine rings is 2. The van der Waals surface area contributed by atoms with Crippen LogP contribution >= 0.6 is 22.6 Å². The maximum absolute atomic E-state index is 12.1. The number of esters is 1. The van der Waals surface area contributed by atoms with Gasteiger partial charge in [-0.2, -0.15) is 0 Å². The predicted molar refractivity (Wildman–Crippen MR) is 96.8 cm³/mol. The molecule has 8 heteroatoms. The molecule has 0 radical (unpaired) electrons. The van der Waals surface area contributed by atoms with E-state index in [2.05, 4.69) is 32.6 Å². The molecule has 7 nitrogen and oxygen atoms in total. The molecule has 0 bridgehead atoms. The van der Waals surface area contributed by atoms with E-state index < -0.39 is 12.0 Å². The minimum atomic E-state index is -0.512. The molecule has 2 N–H and O–H groups in total. The summed E-state index contributed by atoms with van der Waals surface area (Å²) in [6.45, 7) is 0.562. The van der Waals surface area contributed by atoms with Crippen LogP contribution in [0.2, 0.25) is 0 Å². The lowest BCUT2D eigenvalue weighted by atomic mass is 9.98. The second-order valence-corrected chi connectivity index (χ2v) is 6.50. The summed E-state index contributed by atoms with van der Waals surface area (Å²) in [6.07, 6.45) is 6.46. The van der Waals surface area contributed by atoms with Gasteiger partial charge in [0.2, 0.25) is 0 Å². The molecule has 0 spiro atoms. The number of hydrogen-bond acceptors (Lipinski definition) is 5. The summed E-state index contributed by atoms with van der Waals surface area (Å²) in [5.74, 6) is 0.156. The Morgan fingerprint density at radius 1 is 1.33 bits per heavy atom. The van der Waals surface area contributed by atoms with Gasteiger partial charge in [0.15, 0.2) is 0 Å². The lowest BCUT2D eigenvalue weighted by Gasteiger charge is -2.27. The number of ether oxygens (including phenoxy) is 1. The number of carbonyl (C=O) groups excluding carboxylic acids is 2. The number of aryl methyl sites for hydroxylation is 1. The predicted octanol–water partition coefficient (Wildman–Crippen LogP) is 2.37. The normalized spacial score (nSPS) is 13.3. The Bertz CT molecular complexity index is 825. The highest BCUT2D eigenvalue weighted by molar-refractivity contribution is 14.1. The number of methoxy groups -OCH3 is 1. The number of carbonyl (C=O) groups is 2. The molecule has 0 saturated carbocycles. The Morgan fingerprint density at radius 2 is 2.12 bits per heavy atom. The first kappa shape index (κ1) is 16.6. The van der Waals surface area contributed by atoms with Gasteiger partial charge in [-0.25, -0.2) is 14.6 Å². The molecule has 0 fully saturated rings. The first-order valence-electron chi connectivity index (χ1n) is 7.31. The van der Waals surface area contributed by atoms with Crippen molar-refractivity contribution in [1.29, 1.82) is 0 Å². The van der Waals surface area contributed by atoms with Crippen molar-refractivity contribution in [2.45, 2.75) is 12.8 Å². The van der Waals surface area contributed by atoms with Gasteiger partial charge in [0.25, 0.3) is 0 Å². The molecule has 2 amide bonds. The highest BCUT2D eigenvalue weighted by Gasteiger charge is 2.24. The van der Waals surface area contributed by atoms with Crippen LogP contribution in [0.5, 0.6) is 0 Å². The van der Waals surface area contributed by atoms with E-state index in [1.165, 1.54) is 12.0 Å². The van der Waals surface area contributed by atoms with Gasteiger partial charge in [0.1, 0.15) is 5.82 Å². The number of anilines is 1. The van der Waals surface area contributed by atoms with E-state index >= 15 is 0 Å². The van der Waals surface area contributed by atoms with E-state index in [0.717, 1.165) is 24.0 Å². The number of fused-ring (bicyclic) bond motifs is 1. The van der Waals surface area contributed by atoms with Gasteiger partial charge in [-0.3, -0.25) is 9.88 Å². The summed E-state index contributed by atoms with van der Waals surface area (Å²) >= 11 is 2.05. The molecule has 0 aromatic carbocycles. The van der Waals surface area contributed by atoms with Crippen LogP contribution in [0.3, 0.4) is 0 Å². The zero-order valence-electron chi connectivity index (χ0n) is 13.0. The van der Waals surface area contributed by atoms with Crippen molar-refractivity contribution in [3.8, 4) is 11.1 Å². The molecule has 1 aliphatic heterocycles. The molecular weight excluding hydrogens is 423 g/mol. The molecule has 124 valence electrons. The van der Waals surface area contributed by atoms with Gasteiger partial charge in [0.05, 0.1) is 12.7 Å². The van der Waals surface area contributed by atoms with Crippen LogP contribution in [-0.2, 0) is 11.2 Å². The molecule has 0 unspecified atom stereocenters. The first-order valence-corrected chi connectivity index (χ1v) is 8.39. The maximum atomic E-state index is 12.1. The van der Waals surface area contributed by atoms with Gasteiger partial charge in [-0.1, -0.05) is 0 Å². The fourth-order valence-corrected chi connectivity index (χ4v) is 3.46. The van der Waals surface area contributed by atoms with Gasteiger partial charge < -0.3 is 10.5 Å². The molecule has 0 atom stereocenters. The van der Waals surface area contributed by atoms with Crippen molar-refractivity contribution < 1.29 is 14.3 Å². The van der Waals surface area contributed by atoms with Crippen molar-refractivity contribution >= 4 is 40.4 Å². The van der Waals surface area contributed by atoms with Crippen LogP contribution in [0.4, 0.5) is 10.6 Å². The minimum absolute atomic E-state index is 0.423. The summed E-state index contributed by atoms with van der Waals surface area (Å²) in [6, 6.07) is 1.42. The number of primary amides is 1. The van der Waals surface area contributed by atoms with Gasteiger partial charge in [-0.15, -0.1) is 0 Å². The number of nitrogens with two attached hydrogens (primary N) is 1. The fraction of sp³-hybridized carbons (Fsp3) is 0.250. The summed E-state index contributed by atoms with van der Waals surface area (Å²) in [4.78, 5) is 33.7. The van der Waals surface area contributed by atoms with Crippen LogP contribution in [0.1, 0.15) is 22.3 Å². The third kappa shape index (κ3) is 2.93. The minimum Gasteiger partial charge on any atom is -0.465 e. The molecule has 3 rings (SSSR count). The highest BCUT2D eigenvalue weighted by atomic mass is 127. The van der Waals surface area contributed by atoms with Crippen molar-refractivity contribution in [3.63, 3.8) is 0 Å². The van der Waals surface area contributed by atoms with Crippen LogP contribution in [0, 0.1) is 3.57 Å². The Labute approximate surface area is 152 Å². The second kappa shape index (κ2) is 6.71.